The molecule has 1 aliphatic heterocycles. The number of benzene rings is 1. The summed E-state index contributed by atoms with van der Waals surface area (Å²) in [5, 5.41) is 0. The number of hydrogen-bond acceptors (Lipinski definition) is 1. The fourth-order valence-corrected chi connectivity index (χ4v) is 2.14. The van der Waals surface area contributed by atoms with E-state index in [1.54, 1.807) is 0 Å². The highest BCUT2D eigenvalue weighted by Crippen LogP contribution is 2.35. The summed E-state index contributed by atoms with van der Waals surface area (Å²) in [6.45, 7) is 8.77. The second kappa shape index (κ2) is 4.17. The van der Waals surface area contributed by atoms with Crippen molar-refractivity contribution in [3.05, 3.63) is 47.7 Å². The van der Waals surface area contributed by atoms with E-state index in [0.717, 1.165) is 0 Å². The van der Waals surface area contributed by atoms with Gasteiger partial charge in [-0.2, -0.15) is 0 Å². The minimum atomic E-state index is 0.496. The summed E-state index contributed by atoms with van der Waals surface area (Å²) in [6.07, 6.45) is 4.41. The maximum absolute atomic E-state index is 2.32. The molecule has 1 heteroatoms. The Morgan fingerprint density at radius 3 is 2.44 bits per heavy atom. The normalized spacial score (nSPS) is 14.3. The first kappa shape index (κ1) is 11.0. The van der Waals surface area contributed by atoms with Crippen LogP contribution in [0.4, 0.5) is 5.69 Å². The first-order valence-electron chi connectivity index (χ1n) is 5.84. The van der Waals surface area contributed by atoms with E-state index in [9.17, 15) is 0 Å². The van der Waals surface area contributed by atoms with Crippen molar-refractivity contribution < 1.29 is 0 Å². The van der Waals surface area contributed by atoms with Crippen molar-refractivity contribution in [2.75, 3.05) is 4.90 Å². The van der Waals surface area contributed by atoms with Gasteiger partial charge in [0.05, 0.1) is 0 Å². The van der Waals surface area contributed by atoms with Crippen LogP contribution in [0.1, 0.15) is 33.3 Å². The number of para-hydroxylation sites is 1. The fourth-order valence-electron chi connectivity index (χ4n) is 2.14. The van der Waals surface area contributed by atoms with E-state index < -0.39 is 0 Å². The molecule has 0 saturated heterocycles. The molecule has 0 amide bonds. The van der Waals surface area contributed by atoms with Crippen molar-refractivity contribution >= 4 is 11.3 Å². The highest BCUT2D eigenvalue weighted by molar-refractivity contribution is 5.87. The van der Waals surface area contributed by atoms with Gasteiger partial charge in [0.1, 0.15) is 0 Å². The first-order chi connectivity index (χ1) is 7.61. The lowest BCUT2D eigenvalue weighted by molar-refractivity contribution is 0.779. The van der Waals surface area contributed by atoms with Gasteiger partial charge in [0.15, 0.2) is 0 Å². The summed E-state index contributed by atoms with van der Waals surface area (Å²) in [5.74, 6) is 0. The zero-order valence-electron chi connectivity index (χ0n) is 10.5. The summed E-state index contributed by atoms with van der Waals surface area (Å²) < 4.78 is 0. The van der Waals surface area contributed by atoms with Crippen LogP contribution in [0, 0.1) is 0 Å². The van der Waals surface area contributed by atoms with Crippen molar-refractivity contribution in [1.29, 1.82) is 0 Å². The van der Waals surface area contributed by atoms with Crippen molar-refractivity contribution in [2.45, 2.75) is 33.7 Å². The maximum atomic E-state index is 2.32. The van der Waals surface area contributed by atoms with Crippen molar-refractivity contribution in [1.82, 2.24) is 0 Å². The van der Waals surface area contributed by atoms with Gasteiger partial charge in [0.2, 0.25) is 0 Å². The zero-order valence-corrected chi connectivity index (χ0v) is 10.5. The molecule has 1 heterocycles. The minimum absolute atomic E-state index is 0.496. The molecule has 0 unspecified atom stereocenters. The lowest BCUT2D eigenvalue weighted by Gasteiger charge is -2.31. The van der Waals surface area contributed by atoms with Gasteiger partial charge >= 0.3 is 0 Å². The molecule has 1 aromatic rings. The third-order valence-electron chi connectivity index (χ3n) is 2.97. The van der Waals surface area contributed by atoms with E-state index in [0.29, 0.717) is 6.04 Å². The molecule has 0 bridgehead atoms. The molecule has 0 spiro atoms. The van der Waals surface area contributed by atoms with Gasteiger partial charge in [-0.25, -0.2) is 0 Å². The number of rotatable bonds is 1. The number of nitrogens with zero attached hydrogens (tertiary/aromatic N) is 1. The predicted molar refractivity (Wildman–Crippen MR) is 71.5 cm³/mol. The maximum Gasteiger partial charge on any atom is 0.0488 e. The smallest absolute Gasteiger partial charge is 0.0488 e. The van der Waals surface area contributed by atoms with E-state index in [-0.39, 0.29) is 0 Å². The van der Waals surface area contributed by atoms with Crippen LogP contribution in [0.25, 0.3) is 5.57 Å². The van der Waals surface area contributed by atoms with Gasteiger partial charge in [-0.15, -0.1) is 0 Å². The summed E-state index contributed by atoms with van der Waals surface area (Å²) in [4.78, 5) is 2.32. The molecule has 0 aliphatic carbocycles. The molecule has 0 saturated carbocycles. The second-order valence-corrected chi connectivity index (χ2v) is 4.75. The highest BCUT2D eigenvalue weighted by atomic mass is 15.1. The van der Waals surface area contributed by atoms with Crippen LogP contribution < -0.4 is 4.90 Å². The van der Waals surface area contributed by atoms with Crippen LogP contribution in [0.2, 0.25) is 0 Å². The van der Waals surface area contributed by atoms with Gasteiger partial charge in [-0.1, -0.05) is 23.8 Å². The van der Waals surface area contributed by atoms with Gasteiger partial charge in [-0.05, 0) is 45.4 Å². The molecular weight excluding hydrogens is 194 g/mol. The number of allylic oxidation sites excluding steroid dienone is 3. The molecule has 0 N–H and O–H groups in total. The molecule has 16 heavy (non-hydrogen) atoms. The predicted octanol–water partition coefficient (Wildman–Crippen LogP) is 4.22. The third kappa shape index (κ3) is 1.78. The summed E-state index contributed by atoms with van der Waals surface area (Å²) in [7, 11) is 0. The Hall–Kier alpha value is -1.50. The zero-order chi connectivity index (χ0) is 11.7. The molecule has 84 valence electrons. The third-order valence-corrected chi connectivity index (χ3v) is 2.97. The Morgan fingerprint density at radius 2 is 1.81 bits per heavy atom. The summed E-state index contributed by atoms with van der Waals surface area (Å²) in [6, 6.07) is 9.12. The largest absolute Gasteiger partial charge is 0.345 e. The summed E-state index contributed by atoms with van der Waals surface area (Å²) in [5.41, 5.74) is 5.38. The van der Waals surface area contributed by atoms with Gasteiger partial charge in [-0.3, -0.25) is 0 Å². The molecule has 0 fully saturated rings. The number of fused-ring (bicyclic) bond motifs is 1. The van der Waals surface area contributed by atoms with Gasteiger partial charge in [0, 0.05) is 23.5 Å². The fraction of sp³-hybridized carbons (Fsp3) is 0.333. The molecule has 0 atom stereocenters. The number of hydrogen-bond donors (Lipinski definition) is 0. The molecule has 1 aliphatic rings. The Labute approximate surface area is 98.1 Å². The van der Waals surface area contributed by atoms with Crippen molar-refractivity contribution in [3.8, 4) is 0 Å². The lowest BCUT2D eigenvalue weighted by atomic mass is 9.96. The average Bonchev–Trinajstić information content (AvgIpc) is 2.27. The Bertz CT molecular complexity index is 448. The van der Waals surface area contributed by atoms with Crippen LogP contribution in [-0.2, 0) is 0 Å². The van der Waals surface area contributed by atoms with E-state index in [4.69, 9.17) is 0 Å². The van der Waals surface area contributed by atoms with Crippen LogP contribution in [0.5, 0.6) is 0 Å². The van der Waals surface area contributed by atoms with E-state index in [1.165, 1.54) is 22.4 Å². The molecule has 1 nitrogen and oxygen atoms in total. The van der Waals surface area contributed by atoms with Crippen molar-refractivity contribution in [3.63, 3.8) is 0 Å². The van der Waals surface area contributed by atoms with Crippen LogP contribution in [-0.4, -0.2) is 6.04 Å². The first-order valence-corrected chi connectivity index (χ1v) is 5.84. The molecule has 2 rings (SSSR count). The Morgan fingerprint density at radius 1 is 1.12 bits per heavy atom. The van der Waals surface area contributed by atoms with E-state index in [1.807, 2.05) is 0 Å². The van der Waals surface area contributed by atoms with Crippen LogP contribution in [0.15, 0.2) is 42.1 Å². The van der Waals surface area contributed by atoms with Gasteiger partial charge < -0.3 is 4.90 Å². The lowest BCUT2D eigenvalue weighted by Crippen LogP contribution is -2.27. The van der Waals surface area contributed by atoms with Gasteiger partial charge in [0.25, 0.3) is 0 Å². The standard InChI is InChI=1S/C15H19N/c1-11(2)13-9-10-16(12(3)4)15-8-6-5-7-14(13)15/h5-10,12H,1-4H3. The van der Waals surface area contributed by atoms with Crippen molar-refractivity contribution in [2.24, 2.45) is 0 Å². The van der Waals surface area contributed by atoms with E-state index >= 15 is 0 Å². The summed E-state index contributed by atoms with van der Waals surface area (Å²) >= 11 is 0. The van der Waals surface area contributed by atoms with Crippen LogP contribution in [0.3, 0.4) is 0 Å². The molecule has 0 aromatic heterocycles. The monoisotopic (exact) mass is 213 g/mol. The topological polar surface area (TPSA) is 3.24 Å². The van der Waals surface area contributed by atoms with Crippen LogP contribution >= 0.6 is 0 Å². The number of anilines is 1. The minimum Gasteiger partial charge on any atom is -0.345 e. The molecule has 1 aromatic carbocycles. The molecular formula is C15H19N. The SMILES string of the molecule is CC(C)=C1C=CN(C(C)C)c2ccccc21. The van der Waals surface area contributed by atoms with E-state index in [2.05, 4.69) is 69.1 Å². The Balaban J connectivity index is 2.59. The Kier molecular flexibility index (Phi) is 2.86. The second-order valence-electron chi connectivity index (χ2n) is 4.75. The highest BCUT2D eigenvalue weighted by Gasteiger charge is 2.17. The molecule has 0 radical (unpaired) electrons. The quantitative estimate of drug-likeness (QED) is 0.675. The average molecular weight is 213 g/mol.